The van der Waals surface area contributed by atoms with Crippen LogP contribution in [-0.2, 0) is 0 Å². The SMILES string of the molecule is CC(=Nc1ccccc1)c1cccc(OP(C(C)C)C(C)C)n1. The Labute approximate surface area is 140 Å². The van der Waals surface area contributed by atoms with E-state index in [-0.39, 0.29) is 0 Å². The summed E-state index contributed by atoms with van der Waals surface area (Å²) in [6.07, 6.45) is 0. The summed E-state index contributed by atoms with van der Waals surface area (Å²) in [5.41, 5.74) is 3.70. The van der Waals surface area contributed by atoms with Crippen LogP contribution in [0.5, 0.6) is 5.88 Å². The molecule has 0 spiro atoms. The average molecular weight is 328 g/mol. The third-order valence-corrected chi connectivity index (χ3v) is 5.80. The summed E-state index contributed by atoms with van der Waals surface area (Å²) in [7, 11) is -0.537. The number of rotatable bonds is 6. The maximum absolute atomic E-state index is 6.18. The normalized spacial score (nSPS) is 12.3. The van der Waals surface area contributed by atoms with Crippen LogP contribution >= 0.6 is 8.15 Å². The predicted octanol–water partition coefficient (Wildman–Crippen LogP) is 5.81. The number of pyridine rings is 1. The Morgan fingerprint density at radius 3 is 2.22 bits per heavy atom. The lowest BCUT2D eigenvalue weighted by atomic mass is 10.2. The topological polar surface area (TPSA) is 34.5 Å². The molecule has 0 saturated carbocycles. The number of hydrogen-bond acceptors (Lipinski definition) is 3. The molecular weight excluding hydrogens is 303 g/mol. The van der Waals surface area contributed by atoms with Gasteiger partial charge >= 0.3 is 0 Å². The molecule has 2 aromatic rings. The van der Waals surface area contributed by atoms with Gasteiger partial charge < -0.3 is 4.52 Å². The summed E-state index contributed by atoms with van der Waals surface area (Å²) >= 11 is 0. The van der Waals surface area contributed by atoms with Crippen molar-refractivity contribution in [3.63, 3.8) is 0 Å². The molecule has 0 aliphatic heterocycles. The molecule has 3 nitrogen and oxygen atoms in total. The molecule has 0 radical (unpaired) electrons. The second kappa shape index (κ2) is 8.21. The van der Waals surface area contributed by atoms with E-state index in [4.69, 9.17) is 4.52 Å². The number of nitrogens with zero attached hydrogens (tertiary/aromatic N) is 2. The van der Waals surface area contributed by atoms with Crippen molar-refractivity contribution >= 4 is 19.5 Å². The fourth-order valence-electron chi connectivity index (χ4n) is 2.34. The van der Waals surface area contributed by atoms with E-state index in [9.17, 15) is 0 Å². The monoisotopic (exact) mass is 328 g/mol. The Balaban J connectivity index is 2.21. The molecule has 2 rings (SSSR count). The molecule has 0 aliphatic rings. The van der Waals surface area contributed by atoms with Crippen molar-refractivity contribution in [3.8, 4) is 5.88 Å². The third-order valence-electron chi connectivity index (χ3n) is 3.36. The highest BCUT2D eigenvalue weighted by molar-refractivity contribution is 7.54. The van der Waals surface area contributed by atoms with E-state index < -0.39 is 8.15 Å². The van der Waals surface area contributed by atoms with Crippen molar-refractivity contribution < 1.29 is 4.52 Å². The van der Waals surface area contributed by atoms with Crippen LogP contribution in [0.4, 0.5) is 5.69 Å². The zero-order valence-corrected chi connectivity index (χ0v) is 15.4. The van der Waals surface area contributed by atoms with Crippen LogP contribution in [0.25, 0.3) is 0 Å². The van der Waals surface area contributed by atoms with Crippen LogP contribution in [0.15, 0.2) is 53.5 Å². The van der Waals surface area contributed by atoms with Crippen LogP contribution < -0.4 is 4.52 Å². The van der Waals surface area contributed by atoms with E-state index in [2.05, 4.69) is 37.7 Å². The minimum Gasteiger partial charge on any atom is -0.456 e. The first-order valence-electron chi connectivity index (χ1n) is 8.01. The predicted molar refractivity (Wildman–Crippen MR) is 100 cm³/mol. The lowest BCUT2D eigenvalue weighted by Crippen LogP contribution is -2.09. The minimum absolute atomic E-state index is 0.509. The van der Waals surface area contributed by atoms with Gasteiger partial charge in [-0.1, -0.05) is 52.0 Å². The van der Waals surface area contributed by atoms with Gasteiger partial charge in [-0.2, -0.15) is 0 Å². The van der Waals surface area contributed by atoms with Crippen LogP contribution in [0, 0.1) is 0 Å². The zero-order chi connectivity index (χ0) is 16.8. The van der Waals surface area contributed by atoms with Gasteiger partial charge in [-0.3, -0.25) is 4.99 Å². The molecule has 0 fully saturated rings. The second-order valence-corrected chi connectivity index (χ2v) is 9.00. The largest absolute Gasteiger partial charge is 0.456 e. The van der Waals surface area contributed by atoms with E-state index in [0.717, 1.165) is 17.1 Å². The van der Waals surface area contributed by atoms with E-state index in [1.54, 1.807) is 0 Å². The lowest BCUT2D eigenvalue weighted by Gasteiger charge is -2.24. The zero-order valence-electron chi connectivity index (χ0n) is 14.5. The Morgan fingerprint density at radius 2 is 1.61 bits per heavy atom. The fraction of sp³-hybridized carbons (Fsp3) is 0.368. The average Bonchev–Trinajstić information content (AvgIpc) is 2.53. The summed E-state index contributed by atoms with van der Waals surface area (Å²) in [5, 5.41) is 0. The van der Waals surface area contributed by atoms with Gasteiger partial charge in [0.1, 0.15) is 0 Å². The Hall–Kier alpha value is -1.73. The van der Waals surface area contributed by atoms with E-state index in [1.807, 2.05) is 55.5 Å². The molecule has 0 aliphatic carbocycles. The number of aromatic nitrogens is 1. The van der Waals surface area contributed by atoms with Gasteiger partial charge in [0.25, 0.3) is 0 Å². The van der Waals surface area contributed by atoms with E-state index in [0.29, 0.717) is 17.2 Å². The number of para-hydroxylation sites is 1. The second-order valence-electron chi connectivity index (χ2n) is 6.03. The smallest absolute Gasteiger partial charge is 0.216 e. The summed E-state index contributed by atoms with van der Waals surface area (Å²) < 4.78 is 6.18. The van der Waals surface area contributed by atoms with Crippen molar-refractivity contribution in [1.82, 2.24) is 4.98 Å². The maximum atomic E-state index is 6.18. The highest BCUT2D eigenvalue weighted by atomic mass is 31.1. The molecule has 0 atom stereocenters. The highest BCUT2D eigenvalue weighted by Gasteiger charge is 2.20. The summed E-state index contributed by atoms with van der Waals surface area (Å²) in [6, 6.07) is 15.8. The van der Waals surface area contributed by atoms with Crippen LogP contribution in [-0.4, -0.2) is 22.0 Å². The molecule has 0 amide bonds. The van der Waals surface area contributed by atoms with E-state index in [1.165, 1.54) is 0 Å². The van der Waals surface area contributed by atoms with Crippen molar-refractivity contribution in [2.24, 2.45) is 4.99 Å². The van der Waals surface area contributed by atoms with E-state index >= 15 is 0 Å². The molecule has 1 aromatic carbocycles. The molecule has 4 heteroatoms. The van der Waals surface area contributed by atoms with Crippen molar-refractivity contribution in [3.05, 3.63) is 54.2 Å². The van der Waals surface area contributed by atoms with Gasteiger partial charge in [-0.05, 0) is 25.1 Å². The summed E-state index contributed by atoms with van der Waals surface area (Å²) in [6.45, 7) is 10.8. The van der Waals surface area contributed by atoms with Crippen LogP contribution in [0.3, 0.4) is 0 Å². The number of hydrogen-bond donors (Lipinski definition) is 0. The first-order valence-corrected chi connectivity index (χ1v) is 9.41. The Kier molecular flexibility index (Phi) is 6.29. The summed E-state index contributed by atoms with van der Waals surface area (Å²) in [4.78, 5) is 9.26. The lowest BCUT2D eigenvalue weighted by molar-refractivity contribution is 0.568. The van der Waals surface area contributed by atoms with Gasteiger partial charge in [0.2, 0.25) is 5.88 Å². The molecular formula is C19H25N2OP. The fourth-order valence-corrected chi connectivity index (χ4v) is 4.27. The van der Waals surface area contributed by atoms with Crippen LogP contribution in [0.1, 0.15) is 40.3 Å². The molecule has 1 aromatic heterocycles. The number of benzene rings is 1. The van der Waals surface area contributed by atoms with Gasteiger partial charge in [0, 0.05) is 17.4 Å². The quantitative estimate of drug-likeness (QED) is 0.495. The number of aliphatic imine (C=N–C) groups is 1. The Bertz CT molecular complexity index is 645. The van der Waals surface area contributed by atoms with Gasteiger partial charge in [0.15, 0.2) is 0 Å². The molecule has 0 unspecified atom stereocenters. The maximum Gasteiger partial charge on any atom is 0.216 e. The molecule has 122 valence electrons. The first kappa shape index (κ1) is 17.6. The molecule has 0 bridgehead atoms. The summed E-state index contributed by atoms with van der Waals surface area (Å²) in [5.74, 6) is 0.693. The first-order chi connectivity index (χ1) is 11.0. The highest BCUT2D eigenvalue weighted by Crippen LogP contribution is 2.46. The minimum atomic E-state index is -0.537. The van der Waals surface area contributed by atoms with Gasteiger partial charge in [-0.15, -0.1) is 0 Å². The molecule has 0 saturated heterocycles. The standard InChI is InChI=1S/C19H25N2OP/c1-14(2)23(15(3)4)22-19-13-9-12-18(21-19)16(5)20-17-10-7-6-8-11-17/h6-15H,1-5H3. The van der Waals surface area contributed by atoms with Crippen LogP contribution in [0.2, 0.25) is 0 Å². The third kappa shape index (κ3) is 5.14. The molecule has 0 N–H and O–H groups in total. The van der Waals surface area contributed by atoms with Crippen molar-refractivity contribution in [1.29, 1.82) is 0 Å². The van der Waals surface area contributed by atoms with Crippen molar-refractivity contribution in [2.45, 2.75) is 45.9 Å². The molecule has 1 heterocycles. The van der Waals surface area contributed by atoms with Gasteiger partial charge in [0.05, 0.1) is 25.2 Å². The Morgan fingerprint density at radius 1 is 0.957 bits per heavy atom. The van der Waals surface area contributed by atoms with Gasteiger partial charge in [-0.25, -0.2) is 4.98 Å². The molecule has 23 heavy (non-hydrogen) atoms. The van der Waals surface area contributed by atoms with Crippen molar-refractivity contribution in [2.75, 3.05) is 0 Å².